The van der Waals surface area contributed by atoms with Gasteiger partial charge in [0.2, 0.25) is 5.91 Å². The van der Waals surface area contributed by atoms with Crippen molar-refractivity contribution in [1.29, 1.82) is 0 Å². The van der Waals surface area contributed by atoms with Gasteiger partial charge in [0.25, 0.3) is 0 Å². The summed E-state index contributed by atoms with van der Waals surface area (Å²) >= 11 is 0. The number of esters is 1. The van der Waals surface area contributed by atoms with Gasteiger partial charge < -0.3 is 20.3 Å². The Morgan fingerprint density at radius 3 is 0.850 bits per heavy atom. The van der Waals surface area contributed by atoms with Gasteiger partial charge in [0.1, 0.15) is 0 Å². The summed E-state index contributed by atoms with van der Waals surface area (Å²) in [6.45, 7) is 4.96. The van der Waals surface area contributed by atoms with E-state index in [2.05, 4.69) is 19.2 Å². The van der Waals surface area contributed by atoms with Gasteiger partial charge in [-0.15, -0.1) is 0 Å². The Bertz CT molecular complexity index is 1210. The number of carbonyl (C=O) groups excluding carboxylic acids is 2. The number of aliphatic hydroxyl groups excluding tert-OH is 2. The van der Waals surface area contributed by atoms with Gasteiger partial charge in [-0.05, 0) is 32.1 Å². The third-order valence-corrected chi connectivity index (χ3v) is 17.6. The summed E-state index contributed by atoms with van der Waals surface area (Å²) in [5.41, 5.74) is 0. The lowest BCUT2D eigenvalue weighted by atomic mass is 10.0. The van der Waals surface area contributed by atoms with Gasteiger partial charge in [-0.25, -0.2) is 0 Å². The third-order valence-electron chi connectivity index (χ3n) is 17.6. The monoisotopic (exact) mass is 1130 g/mol. The van der Waals surface area contributed by atoms with Crippen LogP contribution < -0.4 is 5.32 Å². The fourth-order valence-corrected chi connectivity index (χ4v) is 11.9. The van der Waals surface area contributed by atoms with Gasteiger partial charge in [0.15, 0.2) is 0 Å². The molecule has 1 amide bonds. The predicted octanol–water partition coefficient (Wildman–Crippen LogP) is 23.9. The molecule has 0 rings (SSSR count). The van der Waals surface area contributed by atoms with Crippen molar-refractivity contribution in [1.82, 2.24) is 5.32 Å². The summed E-state index contributed by atoms with van der Waals surface area (Å²) < 4.78 is 5.51. The van der Waals surface area contributed by atoms with Crippen LogP contribution in [0.3, 0.4) is 0 Å². The molecule has 476 valence electrons. The van der Waals surface area contributed by atoms with Crippen LogP contribution in [0.15, 0.2) is 12.2 Å². The molecular weight excluding hydrogens is 983 g/mol. The highest BCUT2D eigenvalue weighted by molar-refractivity contribution is 5.76. The van der Waals surface area contributed by atoms with Gasteiger partial charge in [0, 0.05) is 12.8 Å². The largest absolute Gasteiger partial charge is 0.466 e. The molecule has 0 aromatic rings. The minimum atomic E-state index is -0.841. The first kappa shape index (κ1) is 78.6. The lowest BCUT2D eigenvalue weighted by Gasteiger charge is -2.20. The molecule has 80 heavy (non-hydrogen) atoms. The average molecular weight is 1130 g/mol. The summed E-state index contributed by atoms with van der Waals surface area (Å²) in [7, 11) is 0. The van der Waals surface area contributed by atoms with E-state index in [0.717, 1.165) is 38.5 Å². The van der Waals surface area contributed by atoms with Gasteiger partial charge >= 0.3 is 5.97 Å². The maximum Gasteiger partial charge on any atom is 0.305 e. The molecule has 0 fully saturated rings. The van der Waals surface area contributed by atoms with E-state index in [1.165, 1.54) is 360 Å². The van der Waals surface area contributed by atoms with Gasteiger partial charge in [0.05, 0.1) is 25.4 Å². The van der Waals surface area contributed by atoms with Crippen LogP contribution in [0.1, 0.15) is 425 Å². The minimum Gasteiger partial charge on any atom is -0.466 e. The highest BCUT2D eigenvalue weighted by Gasteiger charge is 2.18. The molecule has 0 aliphatic carbocycles. The van der Waals surface area contributed by atoms with Crippen LogP contribution in [-0.4, -0.2) is 47.4 Å². The Morgan fingerprint density at radius 1 is 0.338 bits per heavy atom. The summed E-state index contributed by atoms with van der Waals surface area (Å²) in [4.78, 5) is 24.6. The van der Waals surface area contributed by atoms with Crippen molar-refractivity contribution in [3.8, 4) is 0 Å². The quantitative estimate of drug-likeness (QED) is 0.0320. The topological polar surface area (TPSA) is 95.9 Å². The number of hydrogen-bond donors (Lipinski definition) is 3. The zero-order valence-corrected chi connectivity index (χ0v) is 54.6. The van der Waals surface area contributed by atoms with E-state index in [9.17, 15) is 19.8 Å². The summed E-state index contributed by atoms with van der Waals surface area (Å²) in [6, 6.07) is -0.624. The molecule has 0 heterocycles. The molecule has 6 nitrogen and oxygen atoms in total. The van der Waals surface area contributed by atoms with Crippen molar-refractivity contribution >= 4 is 11.9 Å². The van der Waals surface area contributed by atoms with Crippen LogP contribution in [0.4, 0.5) is 0 Å². The molecule has 0 aromatic carbocycles. The summed E-state index contributed by atoms with van der Waals surface area (Å²) in [6.07, 6.45) is 87.4. The van der Waals surface area contributed by atoms with Crippen molar-refractivity contribution < 1.29 is 24.5 Å². The first-order chi connectivity index (χ1) is 39.5. The Balaban J connectivity index is 3.33. The van der Waals surface area contributed by atoms with Crippen molar-refractivity contribution in [2.24, 2.45) is 0 Å². The second-order valence-electron chi connectivity index (χ2n) is 25.6. The molecular formula is C74H145NO5. The Kier molecular flexibility index (Phi) is 68.9. The summed E-state index contributed by atoms with van der Waals surface area (Å²) in [5.74, 6) is -0.0359. The van der Waals surface area contributed by atoms with Crippen LogP contribution in [0.25, 0.3) is 0 Å². The van der Waals surface area contributed by atoms with Crippen molar-refractivity contribution in [3.63, 3.8) is 0 Å². The molecule has 6 heteroatoms. The van der Waals surface area contributed by atoms with Gasteiger partial charge in [-0.2, -0.15) is 0 Å². The number of nitrogens with one attached hydrogen (secondary N) is 1. The third kappa shape index (κ3) is 65.7. The standard InChI is InChI=1S/C74H145NO5/c1-3-5-7-9-11-13-15-17-19-35-38-42-46-50-54-58-62-66-72(77)71(70-76)75-73(78)67-63-59-55-51-47-43-39-36-33-31-29-27-25-23-21-22-24-26-28-30-32-34-37-41-45-49-53-57-61-65-69-80-74(79)68-64-60-56-52-48-44-40-20-18-16-14-12-10-8-6-4-2/h62,66,71-72,76-77H,3-61,63-65,67-70H2,1-2H3,(H,75,78)/b66-62+. The molecule has 0 aliphatic rings. The van der Waals surface area contributed by atoms with Gasteiger partial charge in [-0.3, -0.25) is 9.59 Å². The van der Waals surface area contributed by atoms with E-state index >= 15 is 0 Å². The highest BCUT2D eigenvalue weighted by atomic mass is 16.5. The van der Waals surface area contributed by atoms with Crippen molar-refractivity contribution in [2.75, 3.05) is 13.2 Å². The molecule has 0 aromatic heterocycles. The van der Waals surface area contributed by atoms with Crippen LogP contribution in [0.2, 0.25) is 0 Å². The molecule has 0 spiro atoms. The van der Waals surface area contributed by atoms with E-state index in [-0.39, 0.29) is 18.5 Å². The van der Waals surface area contributed by atoms with E-state index < -0.39 is 12.1 Å². The Hall–Kier alpha value is -1.40. The number of amides is 1. The SMILES string of the molecule is CCCCCCCCCCCCCCCCC/C=C/C(O)C(CO)NC(=O)CCCCCCCCCCCCCCCCCCCCCCCCCCCCCCCCOC(=O)CCCCCCCCCCCCCCCCCC. The predicted molar refractivity (Wildman–Crippen MR) is 352 cm³/mol. The van der Waals surface area contributed by atoms with E-state index in [4.69, 9.17) is 4.74 Å². The number of rotatable bonds is 70. The number of unbranched alkanes of at least 4 members (excludes halogenated alkanes) is 59. The fraction of sp³-hybridized carbons (Fsp3) is 0.946. The Labute approximate surface area is 501 Å². The second-order valence-corrected chi connectivity index (χ2v) is 25.6. The highest BCUT2D eigenvalue weighted by Crippen LogP contribution is 2.20. The van der Waals surface area contributed by atoms with E-state index in [1.807, 2.05) is 6.08 Å². The Morgan fingerprint density at radius 2 is 0.575 bits per heavy atom. The smallest absolute Gasteiger partial charge is 0.305 e. The molecule has 2 atom stereocenters. The molecule has 0 bridgehead atoms. The van der Waals surface area contributed by atoms with Crippen molar-refractivity contribution in [3.05, 3.63) is 12.2 Å². The molecule has 0 aliphatic heterocycles. The minimum absolute atomic E-state index is 0.0243. The van der Waals surface area contributed by atoms with Crippen LogP contribution in [0.5, 0.6) is 0 Å². The van der Waals surface area contributed by atoms with Crippen LogP contribution in [0, 0.1) is 0 Å². The first-order valence-electron chi connectivity index (χ1n) is 37.0. The summed E-state index contributed by atoms with van der Waals surface area (Å²) in [5, 5.41) is 23.2. The molecule has 3 N–H and O–H groups in total. The maximum atomic E-state index is 12.5. The average Bonchev–Trinajstić information content (AvgIpc) is 3.46. The normalized spacial score (nSPS) is 12.5. The zero-order chi connectivity index (χ0) is 57.8. The number of carbonyl (C=O) groups is 2. The fourth-order valence-electron chi connectivity index (χ4n) is 11.9. The van der Waals surface area contributed by atoms with Crippen molar-refractivity contribution in [2.45, 2.75) is 437 Å². The van der Waals surface area contributed by atoms with Crippen LogP contribution in [-0.2, 0) is 14.3 Å². The molecule has 0 radical (unpaired) electrons. The first-order valence-corrected chi connectivity index (χ1v) is 37.0. The van der Waals surface area contributed by atoms with Crippen LogP contribution >= 0.6 is 0 Å². The lowest BCUT2D eigenvalue weighted by molar-refractivity contribution is -0.143. The number of ether oxygens (including phenoxy) is 1. The maximum absolute atomic E-state index is 12.5. The molecule has 2 unspecified atom stereocenters. The number of aliphatic hydroxyl groups is 2. The zero-order valence-electron chi connectivity index (χ0n) is 54.6. The number of allylic oxidation sites excluding steroid dienone is 1. The lowest BCUT2D eigenvalue weighted by Crippen LogP contribution is -2.45. The second kappa shape index (κ2) is 70.1. The van der Waals surface area contributed by atoms with Gasteiger partial charge in [-0.1, -0.05) is 392 Å². The molecule has 0 saturated heterocycles. The molecule has 0 saturated carbocycles. The van der Waals surface area contributed by atoms with E-state index in [0.29, 0.717) is 19.4 Å². The van der Waals surface area contributed by atoms with E-state index in [1.54, 1.807) is 6.08 Å². The number of hydrogen-bond acceptors (Lipinski definition) is 5.